The fourth-order valence-corrected chi connectivity index (χ4v) is 3.07. The Bertz CT molecular complexity index is 673. The van der Waals surface area contributed by atoms with Crippen molar-refractivity contribution in [2.24, 2.45) is 0 Å². The lowest BCUT2D eigenvalue weighted by molar-refractivity contribution is -0.128. The highest BCUT2D eigenvalue weighted by molar-refractivity contribution is 6.30. The molecule has 0 spiro atoms. The summed E-state index contributed by atoms with van der Waals surface area (Å²) < 4.78 is 7.18. The zero-order valence-corrected chi connectivity index (χ0v) is 14.7. The summed E-state index contributed by atoms with van der Waals surface area (Å²) in [5, 5.41) is 7.78. The van der Waals surface area contributed by atoms with Gasteiger partial charge in [0, 0.05) is 44.8 Å². The predicted molar refractivity (Wildman–Crippen MR) is 94.2 cm³/mol. The molecule has 0 bridgehead atoms. The summed E-state index contributed by atoms with van der Waals surface area (Å²) >= 11 is 5.84. The van der Waals surface area contributed by atoms with Crippen molar-refractivity contribution < 1.29 is 9.53 Å². The van der Waals surface area contributed by atoms with E-state index in [4.69, 9.17) is 16.3 Å². The van der Waals surface area contributed by atoms with Crippen molar-refractivity contribution in [3.63, 3.8) is 0 Å². The third kappa shape index (κ3) is 5.01. The maximum Gasteiger partial charge on any atom is 0.242 e. The van der Waals surface area contributed by atoms with E-state index < -0.39 is 0 Å². The van der Waals surface area contributed by atoms with Crippen LogP contribution in [0.5, 0.6) is 0 Å². The van der Waals surface area contributed by atoms with E-state index in [9.17, 15) is 4.79 Å². The number of rotatable bonds is 7. The Balaban J connectivity index is 1.57. The van der Waals surface area contributed by atoms with Crippen LogP contribution in [-0.4, -0.2) is 58.4 Å². The Hall–Kier alpha value is -1.96. The van der Waals surface area contributed by atoms with Crippen LogP contribution < -0.4 is 5.32 Å². The van der Waals surface area contributed by atoms with Crippen molar-refractivity contribution in [3.05, 3.63) is 47.5 Å². The molecular formula is C17H22ClN5O2. The van der Waals surface area contributed by atoms with Crippen molar-refractivity contribution in [2.75, 3.05) is 32.8 Å². The summed E-state index contributed by atoms with van der Waals surface area (Å²) in [4.78, 5) is 19.1. The van der Waals surface area contributed by atoms with Crippen molar-refractivity contribution in [1.82, 2.24) is 25.0 Å². The third-order valence-electron chi connectivity index (χ3n) is 4.12. The number of aryl methyl sites for hydroxylation is 1. The van der Waals surface area contributed by atoms with E-state index in [2.05, 4.69) is 20.3 Å². The number of amides is 1. The molecule has 1 atom stereocenters. The Morgan fingerprint density at radius 1 is 1.36 bits per heavy atom. The Morgan fingerprint density at radius 2 is 2.20 bits per heavy atom. The molecule has 1 aliphatic rings. The number of nitrogens with zero attached hydrogens (tertiary/aromatic N) is 4. The Kier molecular flexibility index (Phi) is 6.38. The van der Waals surface area contributed by atoms with Gasteiger partial charge in [-0.3, -0.25) is 19.4 Å². The van der Waals surface area contributed by atoms with Gasteiger partial charge in [-0.1, -0.05) is 17.7 Å². The average molecular weight is 364 g/mol. The van der Waals surface area contributed by atoms with Gasteiger partial charge in [0.2, 0.25) is 5.91 Å². The molecular weight excluding hydrogens is 342 g/mol. The highest BCUT2D eigenvalue weighted by Crippen LogP contribution is 2.21. The fraction of sp³-hybridized carbons (Fsp3) is 0.471. The van der Waals surface area contributed by atoms with Crippen LogP contribution in [0.15, 0.2) is 36.9 Å². The highest BCUT2D eigenvalue weighted by Gasteiger charge is 2.28. The summed E-state index contributed by atoms with van der Waals surface area (Å²) in [7, 11) is 0. The topological polar surface area (TPSA) is 72.3 Å². The minimum absolute atomic E-state index is 0.00611. The molecule has 2 aromatic heterocycles. The Labute approximate surface area is 151 Å². The number of ether oxygens (including phenoxy) is 1. The minimum Gasteiger partial charge on any atom is -0.379 e. The number of nitrogens with one attached hydrogen (secondary N) is 1. The van der Waals surface area contributed by atoms with Crippen molar-refractivity contribution >= 4 is 17.5 Å². The van der Waals surface area contributed by atoms with E-state index in [0.29, 0.717) is 31.3 Å². The van der Waals surface area contributed by atoms with Gasteiger partial charge < -0.3 is 10.1 Å². The molecule has 0 aliphatic carbocycles. The molecule has 1 saturated heterocycles. The first-order valence-corrected chi connectivity index (χ1v) is 8.79. The molecule has 2 aromatic rings. The number of aromatic nitrogens is 3. The molecule has 1 aliphatic heterocycles. The van der Waals surface area contributed by atoms with Crippen LogP contribution in [0.4, 0.5) is 0 Å². The maximum atomic E-state index is 12.8. The van der Waals surface area contributed by atoms with E-state index in [1.54, 1.807) is 29.5 Å². The lowest BCUT2D eigenvalue weighted by atomic mass is 10.1. The van der Waals surface area contributed by atoms with Crippen molar-refractivity contribution in [2.45, 2.75) is 19.0 Å². The molecule has 134 valence electrons. The second kappa shape index (κ2) is 8.94. The summed E-state index contributed by atoms with van der Waals surface area (Å²) in [6, 6.07) is 3.47. The average Bonchev–Trinajstić information content (AvgIpc) is 3.06. The molecule has 25 heavy (non-hydrogen) atoms. The quantitative estimate of drug-likeness (QED) is 0.755. The first-order valence-electron chi connectivity index (χ1n) is 8.41. The first kappa shape index (κ1) is 17.8. The molecule has 1 amide bonds. The number of carbonyl (C=O) groups excluding carboxylic acids is 1. The molecule has 0 radical (unpaired) electrons. The molecule has 0 aromatic carbocycles. The van der Waals surface area contributed by atoms with Crippen molar-refractivity contribution in [3.8, 4) is 0 Å². The summed E-state index contributed by atoms with van der Waals surface area (Å²) in [5.74, 6) is -0.00611. The van der Waals surface area contributed by atoms with E-state index in [1.165, 1.54) is 0 Å². The fourth-order valence-electron chi connectivity index (χ4n) is 2.91. The molecule has 7 nitrogen and oxygen atoms in total. The monoisotopic (exact) mass is 363 g/mol. The largest absolute Gasteiger partial charge is 0.379 e. The minimum atomic E-state index is -0.336. The predicted octanol–water partition coefficient (Wildman–Crippen LogP) is 1.51. The number of halogens is 1. The van der Waals surface area contributed by atoms with Crippen LogP contribution in [0.1, 0.15) is 18.0 Å². The van der Waals surface area contributed by atoms with E-state index >= 15 is 0 Å². The highest BCUT2D eigenvalue weighted by atomic mass is 35.5. The zero-order chi connectivity index (χ0) is 17.5. The van der Waals surface area contributed by atoms with Gasteiger partial charge in [0.1, 0.15) is 6.04 Å². The lowest BCUT2D eigenvalue weighted by Crippen LogP contribution is -2.46. The van der Waals surface area contributed by atoms with Crippen LogP contribution in [0.25, 0.3) is 0 Å². The Morgan fingerprint density at radius 3 is 2.88 bits per heavy atom. The molecule has 3 rings (SSSR count). The zero-order valence-electron chi connectivity index (χ0n) is 14.0. The van der Waals surface area contributed by atoms with Gasteiger partial charge >= 0.3 is 0 Å². The van der Waals surface area contributed by atoms with Crippen LogP contribution in [0.2, 0.25) is 5.02 Å². The lowest BCUT2D eigenvalue weighted by Gasteiger charge is -2.33. The number of morpholine rings is 1. The number of hydrogen-bond donors (Lipinski definition) is 1. The van der Waals surface area contributed by atoms with Crippen LogP contribution in [-0.2, 0) is 16.1 Å². The number of pyridine rings is 1. The maximum absolute atomic E-state index is 12.8. The molecule has 0 unspecified atom stereocenters. The van der Waals surface area contributed by atoms with Gasteiger partial charge in [0.15, 0.2) is 0 Å². The summed E-state index contributed by atoms with van der Waals surface area (Å²) in [5.41, 5.74) is 0.903. The molecule has 1 N–H and O–H groups in total. The third-order valence-corrected chi connectivity index (χ3v) is 4.32. The SMILES string of the molecule is O=C(NCCCn1cc(Cl)cn1)[C@H](c1cccnc1)N1CCOCC1. The molecule has 0 saturated carbocycles. The molecule has 1 fully saturated rings. The van der Waals surface area contributed by atoms with Gasteiger partial charge in [-0.25, -0.2) is 0 Å². The second-order valence-electron chi connectivity index (χ2n) is 5.90. The standard InChI is InChI=1S/C17H22ClN5O2/c18-15-12-21-23(13-15)6-2-5-20-17(24)16(14-3-1-4-19-11-14)22-7-9-25-10-8-22/h1,3-4,11-13,16H,2,5-10H2,(H,20,24)/t16-/m0/s1. The van der Waals surface area contributed by atoms with Crippen LogP contribution in [0, 0.1) is 0 Å². The smallest absolute Gasteiger partial charge is 0.242 e. The van der Waals surface area contributed by atoms with Crippen molar-refractivity contribution in [1.29, 1.82) is 0 Å². The number of hydrogen-bond acceptors (Lipinski definition) is 5. The van der Waals surface area contributed by atoms with E-state index in [1.807, 2.05) is 12.1 Å². The first-order chi connectivity index (χ1) is 12.2. The number of carbonyl (C=O) groups is 1. The summed E-state index contributed by atoms with van der Waals surface area (Å²) in [6.45, 7) is 4.05. The van der Waals surface area contributed by atoms with Crippen LogP contribution >= 0.6 is 11.6 Å². The van der Waals surface area contributed by atoms with Crippen LogP contribution in [0.3, 0.4) is 0 Å². The summed E-state index contributed by atoms with van der Waals surface area (Å²) in [6.07, 6.45) is 7.64. The molecule has 8 heteroatoms. The second-order valence-corrected chi connectivity index (χ2v) is 6.34. The van der Waals surface area contributed by atoms with Gasteiger partial charge in [-0.05, 0) is 18.1 Å². The van der Waals surface area contributed by atoms with E-state index in [0.717, 1.165) is 25.1 Å². The van der Waals surface area contributed by atoms with Gasteiger partial charge in [-0.2, -0.15) is 5.10 Å². The van der Waals surface area contributed by atoms with Gasteiger partial charge in [0.25, 0.3) is 0 Å². The normalized spacial score (nSPS) is 16.5. The van der Waals surface area contributed by atoms with Gasteiger partial charge in [0.05, 0.1) is 24.4 Å². The van der Waals surface area contributed by atoms with E-state index in [-0.39, 0.29) is 11.9 Å². The van der Waals surface area contributed by atoms with Gasteiger partial charge in [-0.15, -0.1) is 0 Å². The molecule has 3 heterocycles.